The van der Waals surface area contributed by atoms with E-state index < -0.39 is 0 Å². The van der Waals surface area contributed by atoms with Gasteiger partial charge in [-0.05, 0) is 47.8 Å². The second-order valence-corrected chi connectivity index (χ2v) is 5.73. The molecule has 0 radical (unpaired) electrons. The van der Waals surface area contributed by atoms with E-state index in [9.17, 15) is 4.79 Å². The average molecular weight is 330 g/mol. The van der Waals surface area contributed by atoms with Crippen molar-refractivity contribution in [3.8, 4) is 0 Å². The molecule has 0 atom stereocenters. The van der Waals surface area contributed by atoms with Crippen molar-refractivity contribution < 1.29 is 9.53 Å². The summed E-state index contributed by atoms with van der Waals surface area (Å²) in [4.78, 5) is 12.4. The van der Waals surface area contributed by atoms with Gasteiger partial charge < -0.3 is 10.1 Å². The van der Waals surface area contributed by atoms with Crippen LogP contribution in [0.5, 0.6) is 0 Å². The molecule has 1 fully saturated rings. The maximum Gasteiger partial charge on any atom is 0.182 e. The molecule has 0 aromatic carbocycles. The molecule has 5 nitrogen and oxygen atoms in total. The van der Waals surface area contributed by atoms with Gasteiger partial charge in [-0.3, -0.25) is 9.48 Å². The first-order valence-electron chi connectivity index (χ1n) is 6.66. The first kappa shape index (κ1) is 14.7. The van der Waals surface area contributed by atoms with Crippen molar-refractivity contribution in [2.75, 3.05) is 26.8 Å². The third kappa shape index (κ3) is 3.87. The highest BCUT2D eigenvalue weighted by molar-refractivity contribution is 9.10. The first-order valence-corrected chi connectivity index (χ1v) is 7.46. The second-order valence-electron chi connectivity index (χ2n) is 4.88. The number of nitrogens with one attached hydrogen (secondary N) is 1. The molecule has 1 N–H and O–H groups in total. The average Bonchev–Trinajstić information content (AvgIpc) is 2.78. The predicted octanol–water partition coefficient (Wildman–Crippen LogP) is 1.86. The summed E-state index contributed by atoms with van der Waals surface area (Å²) in [6.45, 7) is 3.20. The van der Waals surface area contributed by atoms with E-state index in [2.05, 4.69) is 26.3 Å². The Bertz CT molecular complexity index is 428. The Morgan fingerprint density at radius 2 is 2.32 bits per heavy atom. The largest absolute Gasteiger partial charge is 0.383 e. The molecular weight excluding hydrogens is 310 g/mol. The van der Waals surface area contributed by atoms with E-state index in [4.69, 9.17) is 4.74 Å². The Kier molecular flexibility index (Phi) is 5.54. The number of carbonyl (C=O) groups is 1. The standard InChI is InChI=1S/C13H20BrN3O2/c1-19-7-6-17-13(11(14)9-16-17)12(18)8-10-2-4-15-5-3-10/h9-10,15H,2-8H2,1H3. The minimum Gasteiger partial charge on any atom is -0.383 e. The monoisotopic (exact) mass is 329 g/mol. The van der Waals surface area contributed by atoms with Crippen molar-refractivity contribution in [2.45, 2.75) is 25.8 Å². The van der Waals surface area contributed by atoms with Gasteiger partial charge in [0.05, 0.1) is 23.8 Å². The SMILES string of the molecule is COCCn1ncc(Br)c1C(=O)CC1CCNCC1. The highest BCUT2D eigenvalue weighted by Crippen LogP contribution is 2.23. The van der Waals surface area contributed by atoms with Gasteiger partial charge in [0.1, 0.15) is 5.69 Å². The molecule has 0 aliphatic carbocycles. The van der Waals surface area contributed by atoms with Gasteiger partial charge in [-0.1, -0.05) is 0 Å². The third-order valence-electron chi connectivity index (χ3n) is 3.50. The third-order valence-corrected chi connectivity index (χ3v) is 4.08. The lowest BCUT2D eigenvalue weighted by Crippen LogP contribution is -2.29. The molecule has 1 aliphatic rings. The summed E-state index contributed by atoms with van der Waals surface area (Å²) in [7, 11) is 1.65. The van der Waals surface area contributed by atoms with E-state index in [1.165, 1.54) is 0 Å². The number of halogens is 1. The number of hydrogen-bond acceptors (Lipinski definition) is 4. The van der Waals surface area contributed by atoms with E-state index in [0.29, 0.717) is 31.2 Å². The Balaban J connectivity index is 2.02. The number of ether oxygens (including phenoxy) is 1. The molecule has 1 aliphatic heterocycles. The minimum atomic E-state index is 0.173. The topological polar surface area (TPSA) is 56.2 Å². The number of aromatic nitrogens is 2. The van der Waals surface area contributed by atoms with Gasteiger partial charge in [-0.2, -0.15) is 5.10 Å². The fourth-order valence-electron chi connectivity index (χ4n) is 2.43. The predicted molar refractivity (Wildman–Crippen MR) is 76.3 cm³/mol. The zero-order valence-corrected chi connectivity index (χ0v) is 12.8. The van der Waals surface area contributed by atoms with Crippen LogP contribution in [0.1, 0.15) is 29.8 Å². The summed E-state index contributed by atoms with van der Waals surface area (Å²) in [5, 5.41) is 7.54. The van der Waals surface area contributed by atoms with Crippen LogP contribution in [0.2, 0.25) is 0 Å². The number of Topliss-reactive ketones (excluding diaryl/α,β-unsaturated/α-hetero) is 1. The van der Waals surface area contributed by atoms with Crippen LogP contribution in [0.4, 0.5) is 0 Å². The van der Waals surface area contributed by atoms with Crippen molar-refractivity contribution in [3.05, 3.63) is 16.4 Å². The molecule has 0 saturated carbocycles. The fraction of sp³-hybridized carbons (Fsp3) is 0.692. The molecule has 1 aromatic heterocycles. The summed E-state index contributed by atoms with van der Waals surface area (Å²) < 4.78 is 7.56. The lowest BCUT2D eigenvalue weighted by atomic mass is 9.92. The smallest absolute Gasteiger partial charge is 0.182 e. The molecule has 2 rings (SSSR count). The van der Waals surface area contributed by atoms with Gasteiger partial charge >= 0.3 is 0 Å². The van der Waals surface area contributed by atoms with E-state index in [1.54, 1.807) is 18.0 Å². The van der Waals surface area contributed by atoms with Crippen LogP contribution in [0.3, 0.4) is 0 Å². The van der Waals surface area contributed by atoms with Crippen LogP contribution in [0.15, 0.2) is 10.7 Å². The number of piperidine rings is 1. The number of hydrogen-bond donors (Lipinski definition) is 1. The molecule has 0 bridgehead atoms. The number of nitrogens with zero attached hydrogens (tertiary/aromatic N) is 2. The van der Waals surface area contributed by atoms with Crippen molar-refractivity contribution in [1.82, 2.24) is 15.1 Å². The highest BCUT2D eigenvalue weighted by Gasteiger charge is 2.22. The Hall–Kier alpha value is -0.720. The van der Waals surface area contributed by atoms with E-state index in [0.717, 1.165) is 30.4 Å². The quantitative estimate of drug-likeness (QED) is 0.809. The van der Waals surface area contributed by atoms with Crippen LogP contribution in [0.25, 0.3) is 0 Å². The molecule has 1 saturated heterocycles. The fourth-order valence-corrected chi connectivity index (χ4v) is 2.95. The second kappa shape index (κ2) is 7.17. The van der Waals surface area contributed by atoms with Gasteiger partial charge in [0.25, 0.3) is 0 Å². The molecule has 6 heteroatoms. The van der Waals surface area contributed by atoms with Crippen molar-refractivity contribution in [2.24, 2.45) is 5.92 Å². The normalized spacial score (nSPS) is 16.7. The van der Waals surface area contributed by atoms with Gasteiger partial charge in [-0.25, -0.2) is 0 Å². The van der Waals surface area contributed by atoms with Crippen LogP contribution in [-0.4, -0.2) is 42.4 Å². The van der Waals surface area contributed by atoms with Gasteiger partial charge in [0.15, 0.2) is 5.78 Å². The maximum absolute atomic E-state index is 12.4. The number of methoxy groups -OCH3 is 1. The Morgan fingerprint density at radius 1 is 1.58 bits per heavy atom. The van der Waals surface area contributed by atoms with Crippen molar-refractivity contribution in [3.63, 3.8) is 0 Å². The summed E-state index contributed by atoms with van der Waals surface area (Å²) >= 11 is 3.42. The molecule has 2 heterocycles. The van der Waals surface area contributed by atoms with E-state index in [-0.39, 0.29) is 5.78 Å². The summed E-state index contributed by atoms with van der Waals surface area (Å²) in [5.41, 5.74) is 0.676. The van der Waals surface area contributed by atoms with E-state index in [1.807, 2.05) is 0 Å². The molecular formula is C13H20BrN3O2. The van der Waals surface area contributed by atoms with Gasteiger partial charge in [-0.15, -0.1) is 0 Å². The lowest BCUT2D eigenvalue weighted by Gasteiger charge is -2.22. The molecule has 1 aromatic rings. The van der Waals surface area contributed by atoms with Crippen molar-refractivity contribution in [1.29, 1.82) is 0 Å². The maximum atomic E-state index is 12.4. The zero-order chi connectivity index (χ0) is 13.7. The van der Waals surface area contributed by atoms with Gasteiger partial charge in [0.2, 0.25) is 0 Å². The molecule has 0 amide bonds. The Labute approximate surface area is 121 Å². The Morgan fingerprint density at radius 3 is 3.00 bits per heavy atom. The highest BCUT2D eigenvalue weighted by atomic mass is 79.9. The number of rotatable bonds is 6. The molecule has 106 valence electrons. The summed E-state index contributed by atoms with van der Waals surface area (Å²) in [6, 6.07) is 0. The van der Waals surface area contributed by atoms with Gasteiger partial charge in [0, 0.05) is 13.5 Å². The number of carbonyl (C=O) groups excluding carboxylic acids is 1. The van der Waals surface area contributed by atoms with Crippen LogP contribution in [0, 0.1) is 5.92 Å². The minimum absolute atomic E-state index is 0.173. The lowest BCUT2D eigenvalue weighted by molar-refractivity contribution is 0.0937. The van der Waals surface area contributed by atoms with Crippen LogP contribution in [-0.2, 0) is 11.3 Å². The molecule has 19 heavy (non-hydrogen) atoms. The van der Waals surface area contributed by atoms with Crippen LogP contribution < -0.4 is 5.32 Å². The van der Waals surface area contributed by atoms with E-state index >= 15 is 0 Å². The zero-order valence-electron chi connectivity index (χ0n) is 11.2. The molecule has 0 unspecified atom stereocenters. The number of ketones is 1. The van der Waals surface area contributed by atoms with Crippen molar-refractivity contribution >= 4 is 21.7 Å². The summed E-state index contributed by atoms with van der Waals surface area (Å²) in [5.74, 6) is 0.666. The summed E-state index contributed by atoms with van der Waals surface area (Å²) in [6.07, 6.45) is 4.45. The molecule has 0 spiro atoms. The van der Waals surface area contributed by atoms with Crippen LogP contribution >= 0.6 is 15.9 Å². The first-order chi connectivity index (χ1) is 9.22.